The Morgan fingerprint density at radius 2 is 1.64 bits per heavy atom. The molecule has 28 heavy (non-hydrogen) atoms. The first-order valence-electron chi connectivity index (χ1n) is 8.37. The number of rotatable bonds is 5. The van der Waals surface area contributed by atoms with Crippen LogP contribution >= 0.6 is 0 Å². The van der Waals surface area contributed by atoms with E-state index in [-0.39, 0.29) is 12.2 Å². The van der Waals surface area contributed by atoms with E-state index in [1.807, 2.05) is 0 Å². The Bertz CT molecular complexity index is 965. The second-order valence-corrected chi connectivity index (χ2v) is 9.77. The molecule has 0 bridgehead atoms. The van der Waals surface area contributed by atoms with Gasteiger partial charge in [-0.25, -0.2) is 0 Å². The molecule has 0 N–H and O–H groups in total. The highest BCUT2D eigenvalue weighted by Gasteiger charge is 2.54. The standard InChI is InChI=1S/C18H21NO8S/c1-17(2)9-18(3,4)16(22)13(15(17)21)14(20)11-7-6-10(27-28(5,25)26)8-12(11)19(23)24/h6-8,13H,9H2,1-5H3. The fourth-order valence-electron chi connectivity index (χ4n) is 3.67. The van der Waals surface area contributed by atoms with Gasteiger partial charge < -0.3 is 4.18 Å². The van der Waals surface area contributed by atoms with Crippen molar-refractivity contribution in [3.05, 3.63) is 33.9 Å². The van der Waals surface area contributed by atoms with Crippen LogP contribution in [0.25, 0.3) is 0 Å². The van der Waals surface area contributed by atoms with E-state index in [4.69, 9.17) is 0 Å². The van der Waals surface area contributed by atoms with E-state index in [1.54, 1.807) is 27.7 Å². The number of nitro groups is 1. The zero-order chi connectivity index (χ0) is 21.7. The van der Waals surface area contributed by atoms with Crippen molar-refractivity contribution in [3.8, 4) is 5.75 Å². The Kier molecular flexibility index (Phi) is 5.24. The van der Waals surface area contributed by atoms with Gasteiger partial charge in [0.05, 0.1) is 22.8 Å². The van der Waals surface area contributed by atoms with Crippen LogP contribution < -0.4 is 4.18 Å². The summed E-state index contributed by atoms with van der Waals surface area (Å²) in [5.41, 5.74) is -3.10. The fourth-order valence-corrected chi connectivity index (χ4v) is 4.12. The fraction of sp³-hybridized carbons (Fsp3) is 0.500. The van der Waals surface area contributed by atoms with Gasteiger partial charge in [-0.1, -0.05) is 27.7 Å². The highest BCUT2D eigenvalue weighted by Crippen LogP contribution is 2.45. The molecule has 10 heteroatoms. The van der Waals surface area contributed by atoms with Crippen molar-refractivity contribution in [2.45, 2.75) is 34.1 Å². The first-order chi connectivity index (χ1) is 12.6. The molecule has 1 aliphatic rings. The van der Waals surface area contributed by atoms with Crippen molar-refractivity contribution in [1.29, 1.82) is 0 Å². The maximum absolute atomic E-state index is 13.0. The van der Waals surface area contributed by atoms with Crippen LogP contribution in [-0.4, -0.2) is 36.9 Å². The van der Waals surface area contributed by atoms with Crippen LogP contribution in [0.3, 0.4) is 0 Å². The van der Waals surface area contributed by atoms with Crippen LogP contribution in [-0.2, 0) is 19.7 Å². The van der Waals surface area contributed by atoms with Crippen LogP contribution in [0, 0.1) is 26.9 Å². The third-order valence-corrected chi connectivity index (χ3v) is 5.18. The number of hydrogen-bond acceptors (Lipinski definition) is 8. The molecule has 2 rings (SSSR count). The van der Waals surface area contributed by atoms with E-state index in [2.05, 4.69) is 4.18 Å². The lowest BCUT2D eigenvalue weighted by Crippen LogP contribution is -2.52. The maximum Gasteiger partial charge on any atom is 0.306 e. The second kappa shape index (κ2) is 6.77. The van der Waals surface area contributed by atoms with Crippen LogP contribution in [0.4, 0.5) is 5.69 Å². The Balaban J connectivity index is 2.57. The van der Waals surface area contributed by atoms with E-state index in [9.17, 15) is 32.9 Å². The van der Waals surface area contributed by atoms with Crippen LogP contribution in [0.1, 0.15) is 44.5 Å². The minimum Gasteiger partial charge on any atom is -0.382 e. The van der Waals surface area contributed by atoms with Crippen LogP contribution in [0.5, 0.6) is 5.75 Å². The molecule has 0 saturated heterocycles. The summed E-state index contributed by atoms with van der Waals surface area (Å²) >= 11 is 0. The van der Waals surface area contributed by atoms with Gasteiger partial charge in [-0.2, -0.15) is 8.42 Å². The summed E-state index contributed by atoms with van der Waals surface area (Å²) in [7, 11) is -3.94. The lowest BCUT2D eigenvalue weighted by atomic mass is 9.58. The molecule has 1 saturated carbocycles. The van der Waals surface area contributed by atoms with Crippen molar-refractivity contribution in [3.63, 3.8) is 0 Å². The molecule has 0 spiro atoms. The molecule has 1 aromatic carbocycles. The Morgan fingerprint density at radius 3 is 2.07 bits per heavy atom. The van der Waals surface area contributed by atoms with E-state index >= 15 is 0 Å². The number of carbonyl (C=O) groups excluding carboxylic acids is 3. The smallest absolute Gasteiger partial charge is 0.306 e. The largest absolute Gasteiger partial charge is 0.382 e. The number of Topliss-reactive ketones (excluding diaryl/α,β-unsaturated/α-hetero) is 3. The predicted molar refractivity (Wildman–Crippen MR) is 98.6 cm³/mol. The number of carbonyl (C=O) groups is 3. The monoisotopic (exact) mass is 411 g/mol. The minimum atomic E-state index is -3.94. The Hall–Kier alpha value is -2.62. The SMILES string of the molecule is CC1(C)CC(C)(C)C(=O)C(C(=O)c2ccc(OS(C)(=O)=O)cc2[N+](=O)[O-])C1=O. The minimum absolute atomic E-state index is 0.255. The first-order valence-corrected chi connectivity index (χ1v) is 10.2. The molecule has 0 aliphatic heterocycles. The zero-order valence-corrected chi connectivity index (χ0v) is 17.0. The molecule has 1 fully saturated rings. The van der Waals surface area contributed by atoms with Gasteiger partial charge in [0.1, 0.15) is 11.7 Å². The average Bonchev–Trinajstić information content (AvgIpc) is 2.50. The molecule has 1 aliphatic carbocycles. The molecule has 152 valence electrons. The summed E-state index contributed by atoms with van der Waals surface area (Å²) in [6.07, 6.45) is 1.02. The Morgan fingerprint density at radius 1 is 1.14 bits per heavy atom. The van der Waals surface area contributed by atoms with Crippen molar-refractivity contribution in [1.82, 2.24) is 0 Å². The van der Waals surface area contributed by atoms with Crippen molar-refractivity contribution in [2.24, 2.45) is 16.7 Å². The molecule has 0 atom stereocenters. The molecule has 0 amide bonds. The summed E-state index contributed by atoms with van der Waals surface area (Å²) < 4.78 is 27.1. The van der Waals surface area contributed by atoms with E-state index in [0.717, 1.165) is 24.5 Å². The summed E-state index contributed by atoms with van der Waals surface area (Å²) in [5.74, 6) is -4.17. The topological polar surface area (TPSA) is 138 Å². The first kappa shape index (κ1) is 21.7. The van der Waals surface area contributed by atoms with Gasteiger partial charge in [-0.3, -0.25) is 24.5 Å². The third-order valence-electron chi connectivity index (χ3n) is 4.68. The molecule has 1 aromatic rings. The number of ketones is 3. The molecule has 0 radical (unpaired) electrons. The van der Waals surface area contributed by atoms with Gasteiger partial charge in [-0.05, 0) is 18.6 Å². The number of nitrogens with zero attached hydrogens (tertiary/aromatic N) is 1. The van der Waals surface area contributed by atoms with Crippen LogP contribution in [0.2, 0.25) is 0 Å². The quantitative estimate of drug-likeness (QED) is 0.237. The molecular formula is C18H21NO8S. The van der Waals surface area contributed by atoms with Gasteiger partial charge in [0.2, 0.25) is 0 Å². The van der Waals surface area contributed by atoms with Gasteiger partial charge in [0, 0.05) is 10.8 Å². The normalized spacial score (nSPS) is 19.3. The van der Waals surface area contributed by atoms with E-state index in [1.165, 1.54) is 0 Å². The average molecular weight is 411 g/mol. The molecule has 0 unspecified atom stereocenters. The zero-order valence-electron chi connectivity index (χ0n) is 16.1. The molecule has 9 nitrogen and oxygen atoms in total. The summed E-state index contributed by atoms with van der Waals surface area (Å²) in [6, 6.07) is 2.84. The van der Waals surface area contributed by atoms with Gasteiger partial charge in [-0.15, -0.1) is 0 Å². The lowest BCUT2D eigenvalue weighted by molar-refractivity contribution is -0.385. The number of hydrogen-bond donors (Lipinski definition) is 0. The van der Waals surface area contributed by atoms with Gasteiger partial charge in [0.15, 0.2) is 17.3 Å². The number of benzene rings is 1. The van der Waals surface area contributed by atoms with Crippen molar-refractivity contribution >= 4 is 33.2 Å². The van der Waals surface area contributed by atoms with E-state index < -0.39 is 60.4 Å². The number of nitro benzene ring substituents is 1. The Labute approximate surface area is 162 Å². The third kappa shape index (κ3) is 4.11. The summed E-state index contributed by atoms with van der Waals surface area (Å²) in [4.78, 5) is 49.1. The highest BCUT2D eigenvalue weighted by molar-refractivity contribution is 7.86. The van der Waals surface area contributed by atoms with Crippen molar-refractivity contribution in [2.75, 3.05) is 6.26 Å². The summed E-state index contributed by atoms with van der Waals surface area (Å²) in [5, 5.41) is 11.4. The van der Waals surface area contributed by atoms with Crippen molar-refractivity contribution < 1.29 is 31.9 Å². The van der Waals surface area contributed by atoms with Crippen LogP contribution in [0.15, 0.2) is 18.2 Å². The summed E-state index contributed by atoms with van der Waals surface area (Å²) in [6.45, 7) is 6.51. The molecular weight excluding hydrogens is 390 g/mol. The highest BCUT2D eigenvalue weighted by atomic mass is 32.2. The van der Waals surface area contributed by atoms with E-state index in [0.29, 0.717) is 0 Å². The van der Waals surface area contributed by atoms with Gasteiger partial charge in [0.25, 0.3) is 5.69 Å². The molecule has 0 heterocycles. The predicted octanol–water partition coefficient (Wildman–Crippen LogP) is 2.33. The molecule has 0 aromatic heterocycles. The lowest BCUT2D eigenvalue weighted by Gasteiger charge is -2.41. The van der Waals surface area contributed by atoms with Gasteiger partial charge >= 0.3 is 10.1 Å². The maximum atomic E-state index is 13.0. The second-order valence-electron chi connectivity index (χ2n) is 8.19.